The molecule has 5 atom stereocenters. The smallest absolute Gasteiger partial charge is 0.416 e. The molecule has 2 aromatic carbocycles. The van der Waals surface area contributed by atoms with Crippen LogP contribution in [0.1, 0.15) is 28.8 Å². The zero-order valence-corrected chi connectivity index (χ0v) is 17.7. The Morgan fingerprint density at radius 1 is 1.06 bits per heavy atom. The molecule has 2 aromatic rings. The maximum atomic E-state index is 13.0. The number of fused-ring (bicyclic) bond motifs is 1. The van der Waals surface area contributed by atoms with Crippen LogP contribution < -0.4 is 10.6 Å². The normalized spacial score (nSPS) is 27.4. The number of halogens is 4. The number of anilines is 2. The molecule has 3 fully saturated rings. The van der Waals surface area contributed by atoms with E-state index in [2.05, 4.69) is 10.6 Å². The van der Waals surface area contributed by atoms with Crippen molar-refractivity contribution in [1.29, 1.82) is 0 Å². The highest BCUT2D eigenvalue weighted by Crippen LogP contribution is 2.57. The molecule has 0 spiro atoms. The predicted octanol–water partition coefficient (Wildman–Crippen LogP) is 4.75. The monoisotopic (exact) mass is 478 g/mol. The lowest BCUT2D eigenvalue weighted by atomic mass is 9.79. The predicted molar refractivity (Wildman–Crippen MR) is 113 cm³/mol. The van der Waals surface area contributed by atoms with Crippen molar-refractivity contribution in [1.82, 2.24) is 0 Å². The number of hydrogen-bond donors (Lipinski definition) is 2. The van der Waals surface area contributed by atoms with Gasteiger partial charge in [-0.05, 0) is 55.2 Å². The van der Waals surface area contributed by atoms with E-state index in [1.807, 2.05) is 0 Å². The van der Waals surface area contributed by atoms with Gasteiger partial charge in [0.2, 0.25) is 5.91 Å². The SMILES string of the molecule is O=C(Nc1cc(C(F)(F)F)ccc1Cl)c1cccc(NC(=O)[C@@H]2[C@@H]3C[C@@H]4[C@H]2C(=O)O[C@H]4C3)c1. The number of esters is 1. The minimum atomic E-state index is -4.58. The third-order valence-electron chi connectivity index (χ3n) is 6.72. The summed E-state index contributed by atoms with van der Waals surface area (Å²) >= 11 is 5.95. The highest BCUT2D eigenvalue weighted by molar-refractivity contribution is 6.34. The summed E-state index contributed by atoms with van der Waals surface area (Å²) in [6.07, 6.45) is -3.18. The summed E-state index contributed by atoms with van der Waals surface area (Å²) in [6.45, 7) is 0. The molecule has 1 aliphatic heterocycles. The molecule has 172 valence electrons. The van der Waals surface area contributed by atoms with Gasteiger partial charge in [-0.1, -0.05) is 17.7 Å². The van der Waals surface area contributed by atoms with E-state index < -0.39 is 29.5 Å². The van der Waals surface area contributed by atoms with E-state index >= 15 is 0 Å². The molecule has 6 nitrogen and oxygen atoms in total. The van der Waals surface area contributed by atoms with Crippen molar-refractivity contribution in [2.75, 3.05) is 10.6 Å². The maximum Gasteiger partial charge on any atom is 0.416 e. The van der Waals surface area contributed by atoms with E-state index in [9.17, 15) is 27.6 Å². The minimum Gasteiger partial charge on any atom is -0.462 e. The number of amides is 2. The number of carbonyl (C=O) groups is 3. The first-order valence-corrected chi connectivity index (χ1v) is 10.8. The largest absolute Gasteiger partial charge is 0.462 e. The Labute approximate surface area is 191 Å². The summed E-state index contributed by atoms with van der Waals surface area (Å²) in [5.41, 5.74) is -0.660. The van der Waals surface area contributed by atoms with Crippen molar-refractivity contribution in [3.63, 3.8) is 0 Å². The fourth-order valence-electron chi connectivity index (χ4n) is 5.32. The van der Waals surface area contributed by atoms with Crippen LogP contribution in [-0.4, -0.2) is 23.9 Å². The molecule has 2 bridgehead atoms. The minimum absolute atomic E-state index is 0.0427. The number of carbonyl (C=O) groups excluding carboxylic acids is 3. The van der Waals surface area contributed by atoms with Crippen molar-refractivity contribution in [3.8, 4) is 0 Å². The Balaban J connectivity index is 1.30. The van der Waals surface area contributed by atoms with Crippen LogP contribution in [-0.2, 0) is 20.5 Å². The molecule has 2 saturated carbocycles. The molecule has 1 saturated heterocycles. The van der Waals surface area contributed by atoms with Gasteiger partial charge in [0.1, 0.15) is 6.10 Å². The quantitative estimate of drug-likeness (QED) is 0.621. The van der Waals surface area contributed by atoms with Gasteiger partial charge >= 0.3 is 12.1 Å². The molecule has 2 N–H and O–H groups in total. The van der Waals surface area contributed by atoms with Gasteiger partial charge in [0.15, 0.2) is 0 Å². The van der Waals surface area contributed by atoms with Gasteiger partial charge < -0.3 is 15.4 Å². The lowest BCUT2D eigenvalue weighted by Gasteiger charge is -2.23. The van der Waals surface area contributed by atoms with Gasteiger partial charge in [-0.25, -0.2) is 0 Å². The second kappa shape index (κ2) is 7.76. The van der Waals surface area contributed by atoms with Crippen LogP contribution in [0.5, 0.6) is 0 Å². The van der Waals surface area contributed by atoms with Gasteiger partial charge in [0, 0.05) is 17.2 Å². The van der Waals surface area contributed by atoms with Gasteiger partial charge in [0.05, 0.1) is 28.1 Å². The molecule has 1 heterocycles. The zero-order chi connectivity index (χ0) is 23.5. The Hall–Kier alpha value is -3.07. The molecule has 0 unspecified atom stereocenters. The molecular weight excluding hydrogens is 461 g/mol. The van der Waals surface area contributed by atoms with Gasteiger partial charge in [-0.2, -0.15) is 13.2 Å². The first kappa shape index (κ1) is 21.8. The second-order valence-electron chi connectivity index (χ2n) is 8.64. The zero-order valence-electron chi connectivity index (χ0n) is 17.0. The van der Waals surface area contributed by atoms with Crippen LogP contribution in [0.15, 0.2) is 42.5 Å². The van der Waals surface area contributed by atoms with E-state index in [4.69, 9.17) is 16.3 Å². The lowest BCUT2D eigenvalue weighted by molar-refractivity contribution is -0.145. The molecule has 0 radical (unpaired) electrons. The summed E-state index contributed by atoms with van der Waals surface area (Å²) in [5.74, 6) is -2.03. The third-order valence-corrected chi connectivity index (χ3v) is 7.05. The molecule has 33 heavy (non-hydrogen) atoms. The number of benzene rings is 2. The van der Waals surface area contributed by atoms with Gasteiger partial charge in [-0.3, -0.25) is 14.4 Å². The van der Waals surface area contributed by atoms with Crippen molar-refractivity contribution in [2.24, 2.45) is 23.7 Å². The molecule has 2 aliphatic carbocycles. The lowest BCUT2D eigenvalue weighted by Crippen LogP contribution is -2.35. The maximum absolute atomic E-state index is 13.0. The summed E-state index contributed by atoms with van der Waals surface area (Å²) in [6, 6.07) is 8.65. The van der Waals surface area contributed by atoms with Crippen LogP contribution in [0, 0.1) is 23.7 Å². The van der Waals surface area contributed by atoms with Crippen LogP contribution in [0.25, 0.3) is 0 Å². The highest BCUT2D eigenvalue weighted by atomic mass is 35.5. The number of rotatable bonds is 4. The van der Waals surface area contributed by atoms with Crippen molar-refractivity contribution in [2.45, 2.75) is 25.1 Å². The first-order valence-electron chi connectivity index (χ1n) is 10.4. The summed E-state index contributed by atoms with van der Waals surface area (Å²) < 4.78 is 44.3. The summed E-state index contributed by atoms with van der Waals surface area (Å²) in [7, 11) is 0. The average Bonchev–Trinajstić information content (AvgIpc) is 3.37. The molecule has 5 rings (SSSR count). The second-order valence-corrected chi connectivity index (χ2v) is 9.05. The van der Waals surface area contributed by atoms with E-state index in [1.165, 1.54) is 12.1 Å². The van der Waals surface area contributed by atoms with Crippen LogP contribution >= 0.6 is 11.6 Å². The Bertz CT molecular complexity index is 1170. The van der Waals surface area contributed by atoms with E-state index in [1.54, 1.807) is 12.1 Å². The fraction of sp³-hybridized carbons (Fsp3) is 0.348. The third kappa shape index (κ3) is 3.84. The number of alkyl halides is 3. The van der Waals surface area contributed by atoms with Crippen molar-refractivity contribution < 1.29 is 32.3 Å². The molecule has 0 aromatic heterocycles. The Morgan fingerprint density at radius 3 is 2.61 bits per heavy atom. The van der Waals surface area contributed by atoms with E-state index in [0.717, 1.165) is 24.6 Å². The van der Waals surface area contributed by atoms with Gasteiger partial charge in [0.25, 0.3) is 5.91 Å². The van der Waals surface area contributed by atoms with Crippen molar-refractivity contribution in [3.05, 3.63) is 58.6 Å². The highest BCUT2D eigenvalue weighted by Gasteiger charge is 2.63. The van der Waals surface area contributed by atoms with E-state index in [-0.39, 0.29) is 46.1 Å². The topological polar surface area (TPSA) is 84.5 Å². The number of hydrogen-bond acceptors (Lipinski definition) is 4. The number of ether oxygens (including phenoxy) is 1. The van der Waals surface area contributed by atoms with Crippen LogP contribution in [0.2, 0.25) is 5.02 Å². The Morgan fingerprint density at radius 2 is 1.85 bits per heavy atom. The fourth-order valence-corrected chi connectivity index (χ4v) is 5.48. The Kier molecular flexibility index (Phi) is 5.12. The summed E-state index contributed by atoms with van der Waals surface area (Å²) in [5, 5.41) is 5.11. The molecular formula is C23H18ClF3N2O4. The number of nitrogens with one attached hydrogen (secondary N) is 2. The molecule has 2 amide bonds. The van der Waals surface area contributed by atoms with Crippen LogP contribution in [0.4, 0.5) is 24.5 Å². The van der Waals surface area contributed by atoms with Crippen molar-refractivity contribution >= 4 is 40.8 Å². The molecule has 3 aliphatic rings. The van der Waals surface area contributed by atoms with Crippen LogP contribution in [0.3, 0.4) is 0 Å². The van der Waals surface area contributed by atoms with E-state index in [0.29, 0.717) is 12.1 Å². The first-order chi connectivity index (χ1) is 15.6. The van der Waals surface area contributed by atoms with Gasteiger partial charge in [-0.15, -0.1) is 0 Å². The average molecular weight is 479 g/mol. The summed E-state index contributed by atoms with van der Waals surface area (Å²) in [4.78, 5) is 37.7. The molecule has 10 heteroatoms. The standard InChI is InChI=1S/C23H18ClF3N2O4/c24-15-5-4-12(23(25,26)27)9-16(15)29-20(30)10-2-1-3-13(6-10)28-21(31)18-11-7-14-17(8-11)33-22(32)19(14)18/h1-6,9,11,14,17-19H,7-8H2,(H,28,31)(H,29,30)/t11-,14+,17+,18-,19-/m1/s1.